The molecular weight excluding hydrogens is 653 g/mol. The van der Waals surface area contributed by atoms with Crippen LogP contribution >= 0.6 is 0 Å². The van der Waals surface area contributed by atoms with Gasteiger partial charge >= 0.3 is 5.97 Å². The van der Waals surface area contributed by atoms with Gasteiger partial charge in [0.1, 0.15) is 6.10 Å². The first-order valence-electron chi connectivity index (χ1n) is 23.2. The van der Waals surface area contributed by atoms with Gasteiger partial charge in [-0.15, -0.1) is 0 Å². The van der Waals surface area contributed by atoms with E-state index < -0.39 is 6.10 Å². The van der Waals surface area contributed by atoms with E-state index in [-0.39, 0.29) is 19.2 Å². The molecule has 4 nitrogen and oxygen atoms in total. The zero-order valence-corrected chi connectivity index (χ0v) is 35.5. The molecule has 53 heavy (non-hydrogen) atoms. The number of rotatable bonds is 43. The van der Waals surface area contributed by atoms with E-state index in [4.69, 9.17) is 9.47 Å². The second kappa shape index (κ2) is 46.5. The molecule has 0 aromatic heterocycles. The maximum atomic E-state index is 12.2. The maximum Gasteiger partial charge on any atom is 0.306 e. The predicted molar refractivity (Wildman–Crippen MR) is 233 cm³/mol. The highest BCUT2D eigenvalue weighted by molar-refractivity contribution is 5.69. The summed E-state index contributed by atoms with van der Waals surface area (Å²) < 4.78 is 11.2. The van der Waals surface area contributed by atoms with E-state index in [0.29, 0.717) is 13.0 Å². The molecule has 0 aliphatic carbocycles. The van der Waals surface area contributed by atoms with Gasteiger partial charge in [-0.3, -0.25) is 4.79 Å². The zero-order chi connectivity index (χ0) is 38.4. The Kier molecular flexibility index (Phi) is 45.1. The van der Waals surface area contributed by atoms with Crippen molar-refractivity contribution < 1.29 is 19.4 Å². The summed E-state index contributed by atoms with van der Waals surface area (Å²) in [6.45, 7) is 5.24. The van der Waals surface area contributed by atoms with E-state index in [0.717, 1.165) is 51.4 Å². The van der Waals surface area contributed by atoms with Gasteiger partial charge in [0, 0.05) is 13.0 Å². The van der Waals surface area contributed by atoms with Crippen LogP contribution in [0.2, 0.25) is 0 Å². The Hall–Kier alpha value is -1.65. The number of hydrogen-bond acceptors (Lipinski definition) is 4. The first-order chi connectivity index (χ1) is 26.2. The molecule has 310 valence electrons. The second-order valence-corrected chi connectivity index (χ2v) is 15.4. The molecule has 0 spiro atoms. The average molecular weight is 743 g/mol. The molecule has 0 bridgehead atoms. The summed E-state index contributed by atoms with van der Waals surface area (Å²) in [5.74, 6) is -0.216. The number of unbranched alkanes of at least 4 members (excludes halogenated alkanes) is 27. The fourth-order valence-electron chi connectivity index (χ4n) is 6.69. The molecule has 1 atom stereocenters. The van der Waals surface area contributed by atoms with Crippen LogP contribution in [0.15, 0.2) is 48.6 Å². The van der Waals surface area contributed by atoms with Gasteiger partial charge in [0.05, 0.1) is 13.2 Å². The lowest BCUT2D eigenvalue weighted by atomic mass is 10.0. The van der Waals surface area contributed by atoms with Gasteiger partial charge in [-0.2, -0.15) is 0 Å². The number of allylic oxidation sites excluding steroid dienone is 8. The third kappa shape index (κ3) is 44.6. The molecule has 0 amide bonds. The fraction of sp³-hybridized carbons (Fsp3) is 0.816. The van der Waals surface area contributed by atoms with Crippen LogP contribution in [0.25, 0.3) is 0 Å². The smallest absolute Gasteiger partial charge is 0.306 e. The number of aliphatic hydroxyl groups is 1. The molecule has 0 rings (SSSR count). The van der Waals surface area contributed by atoms with Crippen molar-refractivity contribution in [2.24, 2.45) is 0 Å². The van der Waals surface area contributed by atoms with E-state index >= 15 is 0 Å². The molecule has 0 aromatic rings. The Morgan fingerprint density at radius 3 is 1.30 bits per heavy atom. The molecule has 0 saturated heterocycles. The summed E-state index contributed by atoms with van der Waals surface area (Å²) in [5.41, 5.74) is 0. The first kappa shape index (κ1) is 51.4. The van der Waals surface area contributed by atoms with Crippen molar-refractivity contribution in [1.29, 1.82) is 0 Å². The molecule has 0 heterocycles. The van der Waals surface area contributed by atoms with Crippen molar-refractivity contribution in [3.05, 3.63) is 48.6 Å². The van der Waals surface area contributed by atoms with Crippen LogP contribution in [0.1, 0.15) is 232 Å². The number of aliphatic hydroxyl groups excluding tert-OH is 1. The highest BCUT2D eigenvalue weighted by Gasteiger charge is 2.13. The topological polar surface area (TPSA) is 55.8 Å². The molecule has 0 radical (unpaired) electrons. The van der Waals surface area contributed by atoms with Crippen molar-refractivity contribution in [1.82, 2.24) is 0 Å². The highest BCUT2D eigenvalue weighted by Crippen LogP contribution is 2.15. The number of esters is 1. The van der Waals surface area contributed by atoms with Crippen LogP contribution in [0, 0.1) is 0 Å². The van der Waals surface area contributed by atoms with Gasteiger partial charge in [0.25, 0.3) is 0 Å². The Labute approximate surface area is 331 Å². The Morgan fingerprint density at radius 2 is 0.849 bits per heavy atom. The number of carbonyl (C=O) groups excluding carboxylic acids is 1. The van der Waals surface area contributed by atoms with E-state index in [1.54, 1.807) is 0 Å². The molecule has 0 aliphatic rings. The SMILES string of the molecule is CC/C=C\C/C=C\C/C=C\CCCCCCCC(=O)OC(CO)COCCCCCCCCCCCCCCCC/C=C\CCCCCCCCCC. The Bertz CT molecular complexity index is 828. The lowest BCUT2D eigenvalue weighted by Gasteiger charge is -2.15. The maximum absolute atomic E-state index is 12.2. The highest BCUT2D eigenvalue weighted by atomic mass is 16.6. The normalized spacial score (nSPS) is 12.7. The molecule has 0 fully saturated rings. The molecular formula is C49H90O4. The Balaban J connectivity index is 3.39. The average Bonchev–Trinajstić information content (AvgIpc) is 3.16. The minimum Gasteiger partial charge on any atom is -0.457 e. The predicted octanol–water partition coefficient (Wildman–Crippen LogP) is 15.4. The molecule has 1 unspecified atom stereocenters. The second-order valence-electron chi connectivity index (χ2n) is 15.4. The van der Waals surface area contributed by atoms with Crippen LogP contribution in [-0.4, -0.2) is 37.0 Å². The first-order valence-corrected chi connectivity index (χ1v) is 23.2. The quantitative estimate of drug-likeness (QED) is 0.0384. The lowest BCUT2D eigenvalue weighted by Crippen LogP contribution is -2.27. The van der Waals surface area contributed by atoms with Crippen molar-refractivity contribution in [2.45, 2.75) is 238 Å². The molecule has 4 heteroatoms. The van der Waals surface area contributed by atoms with E-state index in [2.05, 4.69) is 62.5 Å². The summed E-state index contributed by atoms with van der Waals surface area (Å²) in [6.07, 6.45) is 60.5. The van der Waals surface area contributed by atoms with Crippen LogP contribution in [0.3, 0.4) is 0 Å². The minimum atomic E-state index is -0.543. The third-order valence-corrected chi connectivity index (χ3v) is 10.1. The van der Waals surface area contributed by atoms with Crippen LogP contribution in [-0.2, 0) is 14.3 Å². The van der Waals surface area contributed by atoms with Gasteiger partial charge in [0.15, 0.2) is 0 Å². The van der Waals surface area contributed by atoms with E-state index in [1.165, 1.54) is 161 Å². The molecule has 0 aromatic carbocycles. The monoisotopic (exact) mass is 743 g/mol. The summed E-state index contributed by atoms with van der Waals surface area (Å²) in [4.78, 5) is 12.2. The largest absolute Gasteiger partial charge is 0.457 e. The van der Waals surface area contributed by atoms with Crippen molar-refractivity contribution in [3.63, 3.8) is 0 Å². The lowest BCUT2D eigenvalue weighted by molar-refractivity contribution is -0.154. The van der Waals surface area contributed by atoms with Crippen molar-refractivity contribution in [3.8, 4) is 0 Å². The summed E-state index contributed by atoms with van der Waals surface area (Å²) >= 11 is 0. The van der Waals surface area contributed by atoms with Gasteiger partial charge in [-0.1, -0.05) is 204 Å². The zero-order valence-electron chi connectivity index (χ0n) is 35.5. The number of hydrogen-bond donors (Lipinski definition) is 1. The van der Waals surface area contributed by atoms with Gasteiger partial charge in [-0.05, 0) is 70.6 Å². The molecule has 1 N–H and O–H groups in total. The van der Waals surface area contributed by atoms with E-state index in [9.17, 15) is 9.90 Å². The fourth-order valence-corrected chi connectivity index (χ4v) is 6.69. The van der Waals surface area contributed by atoms with Crippen LogP contribution in [0.5, 0.6) is 0 Å². The van der Waals surface area contributed by atoms with Crippen molar-refractivity contribution >= 4 is 5.97 Å². The molecule has 0 saturated carbocycles. The van der Waals surface area contributed by atoms with E-state index in [1.807, 2.05) is 0 Å². The minimum absolute atomic E-state index is 0.178. The van der Waals surface area contributed by atoms with Gasteiger partial charge < -0.3 is 14.6 Å². The van der Waals surface area contributed by atoms with Crippen LogP contribution < -0.4 is 0 Å². The Morgan fingerprint density at radius 1 is 0.472 bits per heavy atom. The summed E-state index contributed by atoms with van der Waals surface area (Å²) in [7, 11) is 0. The number of carbonyl (C=O) groups is 1. The molecule has 0 aliphatic heterocycles. The van der Waals surface area contributed by atoms with Gasteiger partial charge in [-0.25, -0.2) is 0 Å². The number of ether oxygens (including phenoxy) is 2. The third-order valence-electron chi connectivity index (χ3n) is 10.1. The van der Waals surface area contributed by atoms with Crippen LogP contribution in [0.4, 0.5) is 0 Å². The standard InChI is InChI=1S/C49H90O4/c1-3-5-7-9-11-13-15-17-19-20-21-22-23-24-25-26-27-28-29-31-33-35-37-39-41-43-45-52-47-48(46-50)53-49(51)44-42-40-38-36-34-32-30-18-16-14-12-10-8-6-4-2/h6,8,12,14,18,20-21,30,48,50H,3-5,7,9-11,13,15-17,19,22-29,31-47H2,1-2H3/b8-6-,14-12-,21-20-,30-18-. The van der Waals surface area contributed by atoms with Gasteiger partial charge in [0.2, 0.25) is 0 Å². The summed E-state index contributed by atoms with van der Waals surface area (Å²) in [5, 5.41) is 9.61. The van der Waals surface area contributed by atoms with Crippen molar-refractivity contribution in [2.75, 3.05) is 19.8 Å². The summed E-state index contributed by atoms with van der Waals surface area (Å²) in [6, 6.07) is 0.